The van der Waals surface area contributed by atoms with Crippen LogP contribution in [0.4, 0.5) is 4.39 Å². The third-order valence-electron chi connectivity index (χ3n) is 2.66. The van der Waals surface area contributed by atoms with E-state index < -0.39 is 0 Å². The Morgan fingerprint density at radius 2 is 2.27 bits per heavy atom. The van der Waals surface area contributed by atoms with Gasteiger partial charge in [0.2, 0.25) is 0 Å². The predicted octanol–water partition coefficient (Wildman–Crippen LogP) is 2.63. The Morgan fingerprint density at radius 3 is 2.87 bits per heavy atom. The van der Waals surface area contributed by atoms with Gasteiger partial charge in [-0.1, -0.05) is 12.1 Å². The van der Waals surface area contributed by atoms with E-state index in [4.69, 9.17) is 10.5 Å². The van der Waals surface area contributed by atoms with E-state index in [2.05, 4.69) is 0 Å². The number of nitrogens with two attached hydrogens (primary N) is 1. The molecule has 1 aliphatic carbocycles. The van der Waals surface area contributed by atoms with Crippen LogP contribution in [0, 0.1) is 11.7 Å². The third-order valence-corrected chi connectivity index (χ3v) is 2.66. The Balaban J connectivity index is 2.11. The minimum Gasteiger partial charge on any atom is -0.490 e. The van der Waals surface area contributed by atoms with Crippen molar-refractivity contribution >= 4 is 0 Å². The molecule has 1 aromatic carbocycles. The van der Waals surface area contributed by atoms with E-state index in [9.17, 15) is 4.39 Å². The van der Waals surface area contributed by atoms with Crippen LogP contribution in [0.15, 0.2) is 18.2 Å². The Labute approximate surface area is 89.2 Å². The van der Waals surface area contributed by atoms with E-state index in [0.717, 1.165) is 0 Å². The van der Waals surface area contributed by atoms with Gasteiger partial charge in [-0.05, 0) is 31.7 Å². The molecule has 0 saturated heterocycles. The molecule has 1 aromatic rings. The molecule has 15 heavy (non-hydrogen) atoms. The highest BCUT2D eigenvalue weighted by Gasteiger charge is 2.23. The molecule has 0 heterocycles. The number of benzene rings is 1. The second-order valence-corrected chi connectivity index (χ2v) is 4.20. The van der Waals surface area contributed by atoms with E-state index in [1.54, 1.807) is 25.1 Å². The van der Waals surface area contributed by atoms with Gasteiger partial charge < -0.3 is 10.5 Å². The molecule has 1 atom stereocenters. The molecule has 1 aliphatic rings. The topological polar surface area (TPSA) is 35.2 Å². The van der Waals surface area contributed by atoms with Crippen LogP contribution in [0.5, 0.6) is 5.75 Å². The molecule has 0 aliphatic heterocycles. The number of halogens is 1. The van der Waals surface area contributed by atoms with Gasteiger partial charge in [0, 0.05) is 11.6 Å². The lowest BCUT2D eigenvalue weighted by Gasteiger charge is -2.11. The SMILES string of the molecule is CC(N)c1cccc(OCC2CC2)c1F. The second-order valence-electron chi connectivity index (χ2n) is 4.20. The lowest BCUT2D eigenvalue weighted by atomic mass is 10.1. The monoisotopic (exact) mass is 209 g/mol. The highest BCUT2D eigenvalue weighted by atomic mass is 19.1. The van der Waals surface area contributed by atoms with E-state index in [1.165, 1.54) is 12.8 Å². The first kappa shape index (κ1) is 10.4. The lowest BCUT2D eigenvalue weighted by Crippen LogP contribution is -2.09. The number of ether oxygens (including phenoxy) is 1. The van der Waals surface area contributed by atoms with Gasteiger partial charge in [-0.15, -0.1) is 0 Å². The summed E-state index contributed by atoms with van der Waals surface area (Å²) >= 11 is 0. The van der Waals surface area contributed by atoms with Crippen LogP contribution >= 0.6 is 0 Å². The number of rotatable bonds is 4. The van der Waals surface area contributed by atoms with E-state index >= 15 is 0 Å². The molecule has 82 valence electrons. The summed E-state index contributed by atoms with van der Waals surface area (Å²) in [7, 11) is 0. The Hall–Kier alpha value is -1.09. The Morgan fingerprint density at radius 1 is 1.53 bits per heavy atom. The van der Waals surface area contributed by atoms with Crippen LogP contribution in [0.25, 0.3) is 0 Å². The molecule has 1 fully saturated rings. The maximum atomic E-state index is 13.8. The fourth-order valence-corrected chi connectivity index (χ4v) is 1.48. The van der Waals surface area contributed by atoms with Gasteiger partial charge in [0.05, 0.1) is 6.61 Å². The van der Waals surface area contributed by atoms with Crippen molar-refractivity contribution in [3.63, 3.8) is 0 Å². The minimum atomic E-state index is -0.312. The maximum absolute atomic E-state index is 13.8. The smallest absolute Gasteiger partial charge is 0.169 e. The zero-order valence-corrected chi connectivity index (χ0v) is 8.87. The molecule has 2 nitrogen and oxygen atoms in total. The summed E-state index contributed by atoms with van der Waals surface area (Å²) in [5.74, 6) is 0.646. The quantitative estimate of drug-likeness (QED) is 0.827. The average molecular weight is 209 g/mol. The fraction of sp³-hybridized carbons (Fsp3) is 0.500. The number of hydrogen-bond donors (Lipinski definition) is 1. The standard InChI is InChI=1S/C12H16FNO/c1-8(14)10-3-2-4-11(12(10)13)15-7-9-5-6-9/h2-4,8-9H,5-7,14H2,1H3. The van der Waals surface area contributed by atoms with Gasteiger partial charge >= 0.3 is 0 Å². The summed E-state index contributed by atoms with van der Waals surface area (Å²) in [6.07, 6.45) is 2.41. The van der Waals surface area contributed by atoms with Gasteiger partial charge in [0.15, 0.2) is 11.6 Å². The van der Waals surface area contributed by atoms with Crippen molar-refractivity contribution in [1.82, 2.24) is 0 Å². The normalized spacial score (nSPS) is 17.5. The van der Waals surface area contributed by atoms with E-state index in [1.807, 2.05) is 0 Å². The van der Waals surface area contributed by atoms with Crippen molar-refractivity contribution in [2.75, 3.05) is 6.61 Å². The molecule has 1 unspecified atom stereocenters. The molecule has 2 rings (SSSR count). The summed E-state index contributed by atoms with van der Waals surface area (Å²) in [5.41, 5.74) is 6.17. The second kappa shape index (κ2) is 4.19. The molecule has 0 bridgehead atoms. The van der Waals surface area contributed by atoms with Gasteiger partial charge in [-0.2, -0.15) is 0 Å². The van der Waals surface area contributed by atoms with E-state index in [-0.39, 0.29) is 11.9 Å². The van der Waals surface area contributed by atoms with Crippen LogP contribution in [-0.4, -0.2) is 6.61 Å². The lowest BCUT2D eigenvalue weighted by molar-refractivity contribution is 0.284. The molecular weight excluding hydrogens is 193 g/mol. The van der Waals surface area contributed by atoms with Gasteiger partial charge in [-0.25, -0.2) is 4.39 Å². The first-order valence-electron chi connectivity index (χ1n) is 5.35. The Bertz CT molecular complexity index is 347. The first-order chi connectivity index (χ1) is 7.18. The number of hydrogen-bond acceptors (Lipinski definition) is 2. The maximum Gasteiger partial charge on any atom is 0.169 e. The minimum absolute atomic E-state index is 0.297. The zero-order valence-electron chi connectivity index (χ0n) is 8.87. The summed E-state index contributed by atoms with van der Waals surface area (Å²) in [4.78, 5) is 0. The van der Waals surface area contributed by atoms with Crippen LogP contribution in [0.3, 0.4) is 0 Å². The third kappa shape index (κ3) is 2.48. The highest BCUT2D eigenvalue weighted by molar-refractivity contribution is 5.32. The van der Waals surface area contributed by atoms with Crippen LogP contribution < -0.4 is 10.5 Å². The van der Waals surface area contributed by atoms with Crippen molar-refractivity contribution in [2.45, 2.75) is 25.8 Å². The molecule has 0 radical (unpaired) electrons. The van der Waals surface area contributed by atoms with Gasteiger partial charge in [-0.3, -0.25) is 0 Å². The molecule has 3 heteroatoms. The van der Waals surface area contributed by atoms with Crippen molar-refractivity contribution in [3.8, 4) is 5.75 Å². The van der Waals surface area contributed by atoms with Crippen LogP contribution in [0.1, 0.15) is 31.4 Å². The fourth-order valence-electron chi connectivity index (χ4n) is 1.48. The van der Waals surface area contributed by atoms with Gasteiger partial charge in [0.25, 0.3) is 0 Å². The molecule has 0 aromatic heterocycles. The summed E-state index contributed by atoms with van der Waals surface area (Å²) in [5, 5.41) is 0. The van der Waals surface area contributed by atoms with Crippen LogP contribution in [-0.2, 0) is 0 Å². The first-order valence-corrected chi connectivity index (χ1v) is 5.35. The summed E-state index contributed by atoms with van der Waals surface area (Å²) < 4.78 is 19.2. The average Bonchev–Trinajstić information content (AvgIpc) is 2.99. The van der Waals surface area contributed by atoms with Crippen molar-refractivity contribution in [3.05, 3.63) is 29.6 Å². The molecule has 0 amide bonds. The summed E-state index contributed by atoms with van der Waals surface area (Å²) in [6.45, 7) is 2.39. The highest BCUT2D eigenvalue weighted by Crippen LogP contribution is 2.31. The molecule has 1 saturated carbocycles. The predicted molar refractivity (Wildman–Crippen MR) is 57.2 cm³/mol. The van der Waals surface area contributed by atoms with E-state index in [0.29, 0.717) is 23.8 Å². The molecule has 2 N–H and O–H groups in total. The van der Waals surface area contributed by atoms with Crippen LogP contribution in [0.2, 0.25) is 0 Å². The summed E-state index contributed by atoms with van der Waals surface area (Å²) in [6, 6.07) is 4.84. The largest absolute Gasteiger partial charge is 0.490 e. The van der Waals surface area contributed by atoms with Crippen molar-refractivity contribution in [1.29, 1.82) is 0 Å². The van der Waals surface area contributed by atoms with Crippen molar-refractivity contribution in [2.24, 2.45) is 11.7 Å². The molecule has 0 spiro atoms. The van der Waals surface area contributed by atoms with Crippen molar-refractivity contribution < 1.29 is 9.13 Å². The zero-order chi connectivity index (χ0) is 10.8. The van der Waals surface area contributed by atoms with Gasteiger partial charge in [0.1, 0.15) is 0 Å². The Kier molecular flexibility index (Phi) is 2.91. The molecular formula is C12H16FNO.